The van der Waals surface area contributed by atoms with Crippen molar-refractivity contribution in [1.82, 2.24) is 0 Å². The molecule has 0 aromatic heterocycles. The normalized spacial score (nSPS) is 27.2. The number of hydrogen-bond acceptors (Lipinski definition) is 1. The van der Waals surface area contributed by atoms with Crippen LogP contribution in [0.25, 0.3) is 0 Å². The van der Waals surface area contributed by atoms with Crippen LogP contribution in [-0.4, -0.2) is 11.2 Å². The van der Waals surface area contributed by atoms with Crippen LogP contribution in [-0.2, 0) is 0 Å². The van der Waals surface area contributed by atoms with E-state index in [2.05, 4.69) is 12.7 Å². The molecule has 0 bridgehead atoms. The third-order valence-corrected chi connectivity index (χ3v) is 1.68. The molecule has 1 atom stereocenters. The van der Waals surface area contributed by atoms with Crippen LogP contribution in [0.4, 0.5) is 0 Å². The van der Waals surface area contributed by atoms with E-state index in [1.165, 1.54) is 0 Å². The van der Waals surface area contributed by atoms with Gasteiger partial charge in [-0.05, 0) is 24.8 Å². The Morgan fingerprint density at radius 2 is 2.56 bits per heavy atom. The fourth-order valence-corrected chi connectivity index (χ4v) is 1.10. The highest BCUT2D eigenvalue weighted by atomic mass is 16.3. The maximum Gasteiger partial charge on any atom is 0.0786 e. The lowest BCUT2D eigenvalue weighted by molar-refractivity contribution is 0.195. The topological polar surface area (TPSA) is 20.2 Å². The Labute approximate surface area is 55.7 Å². The fourth-order valence-electron chi connectivity index (χ4n) is 1.10. The van der Waals surface area contributed by atoms with E-state index in [0.717, 1.165) is 24.8 Å². The molecule has 0 fully saturated rings. The fraction of sp³-hybridized carbons (Fsp3) is 0.500. The van der Waals surface area contributed by atoms with Gasteiger partial charge in [0, 0.05) is 0 Å². The Morgan fingerprint density at radius 1 is 1.78 bits per heavy atom. The van der Waals surface area contributed by atoms with E-state index in [1.54, 1.807) is 6.08 Å². The van der Waals surface area contributed by atoms with E-state index in [4.69, 9.17) is 0 Å². The lowest BCUT2D eigenvalue weighted by Crippen LogP contribution is -2.11. The van der Waals surface area contributed by atoms with Gasteiger partial charge in [0.2, 0.25) is 0 Å². The second kappa shape index (κ2) is 2.83. The molecule has 0 saturated carbocycles. The summed E-state index contributed by atoms with van der Waals surface area (Å²) in [6.07, 6.45) is 6.66. The maximum atomic E-state index is 9.23. The standard InChI is InChI=1S/C8H12O/c1-2-7-5-3-4-6-8(7)9/h2,5,8-9H,1,3-4,6H2/t8-/m0/s1. The highest BCUT2D eigenvalue weighted by Gasteiger charge is 2.10. The molecule has 0 saturated heterocycles. The van der Waals surface area contributed by atoms with Crippen molar-refractivity contribution < 1.29 is 5.11 Å². The van der Waals surface area contributed by atoms with E-state index in [9.17, 15) is 5.11 Å². The summed E-state index contributed by atoms with van der Waals surface area (Å²) in [4.78, 5) is 0. The molecule has 1 heteroatoms. The highest BCUT2D eigenvalue weighted by molar-refractivity contribution is 5.22. The lowest BCUT2D eigenvalue weighted by atomic mass is 9.97. The Morgan fingerprint density at radius 3 is 3.00 bits per heavy atom. The molecule has 50 valence electrons. The summed E-state index contributed by atoms with van der Waals surface area (Å²) in [5, 5.41) is 9.23. The molecule has 0 unspecified atom stereocenters. The Bertz CT molecular complexity index is 136. The van der Waals surface area contributed by atoms with Crippen molar-refractivity contribution >= 4 is 0 Å². The zero-order chi connectivity index (χ0) is 6.69. The van der Waals surface area contributed by atoms with Gasteiger partial charge in [-0.3, -0.25) is 0 Å². The smallest absolute Gasteiger partial charge is 0.0786 e. The van der Waals surface area contributed by atoms with Crippen LogP contribution >= 0.6 is 0 Å². The van der Waals surface area contributed by atoms with Crippen LogP contribution in [0.2, 0.25) is 0 Å². The SMILES string of the molecule is C=CC1=CCCC[C@@H]1O. The van der Waals surface area contributed by atoms with Crippen LogP contribution in [0.5, 0.6) is 0 Å². The third kappa shape index (κ3) is 1.42. The zero-order valence-corrected chi connectivity index (χ0v) is 5.51. The summed E-state index contributed by atoms with van der Waals surface area (Å²) in [7, 11) is 0. The highest BCUT2D eigenvalue weighted by Crippen LogP contribution is 2.18. The molecule has 0 amide bonds. The van der Waals surface area contributed by atoms with E-state index in [-0.39, 0.29) is 6.10 Å². The first-order chi connectivity index (χ1) is 4.34. The first-order valence-electron chi connectivity index (χ1n) is 3.35. The monoisotopic (exact) mass is 124 g/mol. The Balaban J connectivity index is 2.63. The largest absolute Gasteiger partial charge is 0.388 e. The quantitative estimate of drug-likeness (QED) is 0.563. The van der Waals surface area contributed by atoms with Crippen molar-refractivity contribution in [3.05, 3.63) is 24.3 Å². The van der Waals surface area contributed by atoms with Gasteiger partial charge in [-0.1, -0.05) is 18.7 Å². The predicted octanol–water partition coefficient (Wildman–Crippen LogP) is 1.64. The van der Waals surface area contributed by atoms with Gasteiger partial charge in [-0.2, -0.15) is 0 Å². The molecule has 0 radical (unpaired) electrons. The van der Waals surface area contributed by atoms with Crippen molar-refractivity contribution in [2.24, 2.45) is 0 Å². The van der Waals surface area contributed by atoms with E-state index in [0.29, 0.717) is 0 Å². The number of allylic oxidation sites excluding steroid dienone is 1. The molecule has 0 heterocycles. The summed E-state index contributed by atoms with van der Waals surface area (Å²) in [6.45, 7) is 3.61. The van der Waals surface area contributed by atoms with Gasteiger partial charge in [-0.25, -0.2) is 0 Å². The van der Waals surface area contributed by atoms with Crippen molar-refractivity contribution in [3.8, 4) is 0 Å². The Hall–Kier alpha value is -0.560. The number of aliphatic hydroxyl groups is 1. The molecule has 1 aliphatic carbocycles. The van der Waals surface area contributed by atoms with Crippen LogP contribution < -0.4 is 0 Å². The second-order valence-electron chi connectivity index (χ2n) is 2.35. The lowest BCUT2D eigenvalue weighted by Gasteiger charge is -2.15. The molecule has 9 heavy (non-hydrogen) atoms. The summed E-state index contributed by atoms with van der Waals surface area (Å²) in [5.74, 6) is 0. The maximum absolute atomic E-state index is 9.23. The average Bonchev–Trinajstić information content (AvgIpc) is 1.89. The second-order valence-corrected chi connectivity index (χ2v) is 2.35. The molecular formula is C8H12O. The predicted molar refractivity (Wildman–Crippen MR) is 38.1 cm³/mol. The zero-order valence-electron chi connectivity index (χ0n) is 5.51. The molecule has 1 nitrogen and oxygen atoms in total. The third-order valence-electron chi connectivity index (χ3n) is 1.68. The van der Waals surface area contributed by atoms with Gasteiger partial charge in [0.25, 0.3) is 0 Å². The minimum atomic E-state index is -0.240. The van der Waals surface area contributed by atoms with Crippen LogP contribution in [0.3, 0.4) is 0 Å². The molecule has 0 aliphatic heterocycles. The summed E-state index contributed by atoms with van der Waals surface area (Å²) >= 11 is 0. The summed E-state index contributed by atoms with van der Waals surface area (Å²) < 4.78 is 0. The molecule has 0 spiro atoms. The van der Waals surface area contributed by atoms with Crippen molar-refractivity contribution in [1.29, 1.82) is 0 Å². The van der Waals surface area contributed by atoms with Gasteiger partial charge in [0.15, 0.2) is 0 Å². The van der Waals surface area contributed by atoms with Crippen LogP contribution in [0.1, 0.15) is 19.3 Å². The van der Waals surface area contributed by atoms with E-state index in [1.807, 2.05) is 0 Å². The van der Waals surface area contributed by atoms with Gasteiger partial charge in [-0.15, -0.1) is 0 Å². The van der Waals surface area contributed by atoms with Crippen LogP contribution in [0, 0.1) is 0 Å². The van der Waals surface area contributed by atoms with Gasteiger partial charge in [0.05, 0.1) is 6.10 Å². The summed E-state index contributed by atoms with van der Waals surface area (Å²) in [5.41, 5.74) is 1.00. The van der Waals surface area contributed by atoms with E-state index < -0.39 is 0 Å². The van der Waals surface area contributed by atoms with E-state index >= 15 is 0 Å². The van der Waals surface area contributed by atoms with Crippen molar-refractivity contribution in [2.45, 2.75) is 25.4 Å². The molecule has 0 aromatic carbocycles. The Kier molecular flexibility index (Phi) is 2.06. The molecule has 0 aromatic rings. The molecule has 1 N–H and O–H groups in total. The minimum absolute atomic E-state index is 0.240. The van der Waals surface area contributed by atoms with Gasteiger partial charge < -0.3 is 5.11 Å². The first-order valence-corrected chi connectivity index (χ1v) is 3.35. The molecular weight excluding hydrogens is 112 g/mol. The molecule has 1 rings (SSSR count). The van der Waals surface area contributed by atoms with Crippen molar-refractivity contribution in [2.75, 3.05) is 0 Å². The van der Waals surface area contributed by atoms with Crippen molar-refractivity contribution in [3.63, 3.8) is 0 Å². The van der Waals surface area contributed by atoms with Gasteiger partial charge >= 0.3 is 0 Å². The molecule has 1 aliphatic rings. The summed E-state index contributed by atoms with van der Waals surface area (Å²) in [6, 6.07) is 0. The number of rotatable bonds is 1. The first kappa shape index (κ1) is 6.56. The average molecular weight is 124 g/mol. The number of aliphatic hydroxyl groups excluding tert-OH is 1. The minimum Gasteiger partial charge on any atom is -0.388 e. The number of hydrogen-bond donors (Lipinski definition) is 1. The van der Waals surface area contributed by atoms with Crippen LogP contribution in [0.15, 0.2) is 24.3 Å². The van der Waals surface area contributed by atoms with Gasteiger partial charge in [0.1, 0.15) is 0 Å².